The van der Waals surface area contributed by atoms with Crippen LogP contribution in [-0.4, -0.2) is 24.5 Å². The molecule has 0 saturated carbocycles. The summed E-state index contributed by atoms with van der Waals surface area (Å²) in [6, 6.07) is 5.70. The highest BCUT2D eigenvalue weighted by molar-refractivity contribution is 9.10. The van der Waals surface area contributed by atoms with Crippen LogP contribution in [0.4, 0.5) is 0 Å². The van der Waals surface area contributed by atoms with E-state index in [1.165, 1.54) is 0 Å². The summed E-state index contributed by atoms with van der Waals surface area (Å²) in [5.41, 5.74) is 1.61. The van der Waals surface area contributed by atoms with Crippen LogP contribution in [0.5, 0.6) is 0 Å². The maximum absolute atomic E-state index is 12.2. The Balaban J connectivity index is 2.17. The van der Waals surface area contributed by atoms with Gasteiger partial charge in [-0.2, -0.15) is 0 Å². The van der Waals surface area contributed by atoms with Gasteiger partial charge in [-0.15, -0.1) is 0 Å². The highest BCUT2D eigenvalue weighted by Gasteiger charge is 2.30. The number of rotatable bonds is 2. The van der Waals surface area contributed by atoms with Gasteiger partial charge in [0.1, 0.15) is 0 Å². The molecule has 0 aliphatic carbocycles. The zero-order valence-electron chi connectivity index (χ0n) is 10.1. The molecule has 4 heteroatoms. The molecule has 1 atom stereocenters. The summed E-state index contributed by atoms with van der Waals surface area (Å²) < 4.78 is 0.972. The van der Waals surface area contributed by atoms with Crippen molar-refractivity contribution >= 4 is 21.8 Å². The Labute approximate surface area is 110 Å². The van der Waals surface area contributed by atoms with E-state index in [1.807, 2.05) is 25.1 Å². The average Bonchev–Trinajstić information content (AvgIpc) is 2.68. The molecule has 0 bridgehead atoms. The summed E-state index contributed by atoms with van der Waals surface area (Å²) in [4.78, 5) is 12.2. The van der Waals surface area contributed by atoms with E-state index in [-0.39, 0.29) is 11.4 Å². The second kappa shape index (κ2) is 4.78. The van der Waals surface area contributed by atoms with Crippen LogP contribution in [0.1, 0.15) is 29.3 Å². The molecule has 1 unspecified atom stereocenters. The smallest absolute Gasteiger partial charge is 0.252 e. The minimum absolute atomic E-state index is 0.00926. The molecule has 0 radical (unpaired) electrons. The Hall–Kier alpha value is -0.870. The number of hydrogen-bond acceptors (Lipinski definition) is 2. The number of halogens is 1. The van der Waals surface area contributed by atoms with Gasteiger partial charge in [0.15, 0.2) is 0 Å². The molecule has 0 spiro atoms. The van der Waals surface area contributed by atoms with E-state index in [0.717, 1.165) is 35.1 Å². The standard InChI is InChI=1S/C13H17BrN2O/c1-9-10(4-3-5-11(9)14)12(17)16-13(2)6-7-15-8-13/h3-5,15H,6-8H2,1-2H3,(H,16,17). The lowest BCUT2D eigenvalue weighted by atomic mass is 10.00. The van der Waals surface area contributed by atoms with E-state index in [2.05, 4.69) is 33.5 Å². The fourth-order valence-corrected chi connectivity index (χ4v) is 2.48. The van der Waals surface area contributed by atoms with Gasteiger partial charge in [-0.05, 0) is 44.5 Å². The van der Waals surface area contributed by atoms with Gasteiger partial charge in [-0.25, -0.2) is 0 Å². The van der Waals surface area contributed by atoms with Crippen molar-refractivity contribution in [1.82, 2.24) is 10.6 Å². The normalized spacial score (nSPS) is 23.7. The maximum Gasteiger partial charge on any atom is 0.252 e. The van der Waals surface area contributed by atoms with E-state index in [0.29, 0.717) is 0 Å². The van der Waals surface area contributed by atoms with Crippen molar-refractivity contribution < 1.29 is 4.79 Å². The first-order valence-corrected chi connectivity index (χ1v) is 6.59. The highest BCUT2D eigenvalue weighted by atomic mass is 79.9. The molecule has 1 aromatic rings. The first-order chi connectivity index (χ1) is 8.02. The Morgan fingerprint density at radius 2 is 2.29 bits per heavy atom. The van der Waals surface area contributed by atoms with Gasteiger partial charge in [0.05, 0.1) is 5.54 Å². The van der Waals surface area contributed by atoms with Gasteiger partial charge in [-0.1, -0.05) is 22.0 Å². The number of carbonyl (C=O) groups excluding carboxylic acids is 1. The van der Waals surface area contributed by atoms with Crippen molar-refractivity contribution in [1.29, 1.82) is 0 Å². The van der Waals surface area contributed by atoms with Gasteiger partial charge >= 0.3 is 0 Å². The topological polar surface area (TPSA) is 41.1 Å². The fourth-order valence-electron chi connectivity index (χ4n) is 2.12. The van der Waals surface area contributed by atoms with Crippen molar-refractivity contribution in [3.8, 4) is 0 Å². The maximum atomic E-state index is 12.2. The largest absolute Gasteiger partial charge is 0.346 e. The minimum atomic E-state index is -0.119. The predicted octanol–water partition coefficient (Wildman–Crippen LogP) is 2.24. The molecular formula is C13H17BrN2O. The molecule has 1 aliphatic rings. The summed E-state index contributed by atoms with van der Waals surface area (Å²) in [7, 11) is 0. The summed E-state index contributed by atoms with van der Waals surface area (Å²) in [5.74, 6) is 0.00926. The van der Waals surface area contributed by atoms with E-state index in [9.17, 15) is 4.79 Å². The summed E-state index contributed by atoms with van der Waals surface area (Å²) in [5, 5.41) is 6.39. The lowest BCUT2D eigenvalue weighted by Crippen LogP contribution is -2.47. The van der Waals surface area contributed by atoms with Crippen LogP contribution >= 0.6 is 15.9 Å². The van der Waals surface area contributed by atoms with Crippen molar-refractivity contribution in [2.75, 3.05) is 13.1 Å². The third-order valence-corrected chi connectivity index (χ3v) is 4.16. The van der Waals surface area contributed by atoms with Crippen molar-refractivity contribution in [3.63, 3.8) is 0 Å². The number of amides is 1. The third kappa shape index (κ3) is 2.69. The average molecular weight is 297 g/mol. The van der Waals surface area contributed by atoms with Crippen LogP contribution < -0.4 is 10.6 Å². The Morgan fingerprint density at radius 3 is 2.94 bits per heavy atom. The SMILES string of the molecule is Cc1c(Br)cccc1C(=O)NC1(C)CCNC1. The molecule has 1 aromatic carbocycles. The van der Waals surface area contributed by atoms with E-state index in [1.54, 1.807) is 0 Å². The van der Waals surface area contributed by atoms with E-state index in [4.69, 9.17) is 0 Å². The van der Waals surface area contributed by atoms with Crippen LogP contribution in [-0.2, 0) is 0 Å². The molecule has 1 aliphatic heterocycles. The Bertz CT molecular complexity index is 439. The number of nitrogens with one attached hydrogen (secondary N) is 2. The van der Waals surface area contributed by atoms with Crippen molar-refractivity contribution in [2.45, 2.75) is 25.8 Å². The molecule has 2 rings (SSSR count). The van der Waals surface area contributed by atoms with Gasteiger partial charge in [-0.3, -0.25) is 4.79 Å². The third-order valence-electron chi connectivity index (χ3n) is 3.30. The van der Waals surface area contributed by atoms with E-state index >= 15 is 0 Å². The van der Waals surface area contributed by atoms with Crippen molar-refractivity contribution in [2.24, 2.45) is 0 Å². The number of benzene rings is 1. The van der Waals surface area contributed by atoms with Gasteiger partial charge < -0.3 is 10.6 Å². The number of hydrogen-bond donors (Lipinski definition) is 2. The van der Waals surface area contributed by atoms with Gasteiger partial charge in [0, 0.05) is 16.6 Å². The molecule has 1 amide bonds. The summed E-state index contributed by atoms with van der Waals surface area (Å²) in [6.07, 6.45) is 0.978. The zero-order valence-corrected chi connectivity index (χ0v) is 11.7. The first-order valence-electron chi connectivity index (χ1n) is 5.80. The molecular weight excluding hydrogens is 280 g/mol. The molecule has 3 nitrogen and oxygen atoms in total. The number of carbonyl (C=O) groups is 1. The van der Waals surface area contributed by atoms with E-state index < -0.39 is 0 Å². The monoisotopic (exact) mass is 296 g/mol. The summed E-state index contributed by atoms with van der Waals surface area (Å²) >= 11 is 3.45. The predicted molar refractivity (Wildman–Crippen MR) is 72.2 cm³/mol. The second-order valence-corrected chi connectivity index (χ2v) is 5.71. The molecule has 1 fully saturated rings. The molecule has 92 valence electrons. The van der Waals surface area contributed by atoms with Crippen LogP contribution in [0.25, 0.3) is 0 Å². The first kappa shape index (κ1) is 12.6. The Morgan fingerprint density at radius 1 is 1.53 bits per heavy atom. The molecule has 17 heavy (non-hydrogen) atoms. The van der Waals surface area contributed by atoms with Gasteiger partial charge in [0.2, 0.25) is 0 Å². The van der Waals surface area contributed by atoms with Crippen LogP contribution in [0.15, 0.2) is 22.7 Å². The van der Waals surface area contributed by atoms with Gasteiger partial charge in [0.25, 0.3) is 5.91 Å². The molecule has 0 aromatic heterocycles. The van der Waals surface area contributed by atoms with Crippen LogP contribution in [0.3, 0.4) is 0 Å². The fraction of sp³-hybridized carbons (Fsp3) is 0.462. The molecule has 1 saturated heterocycles. The summed E-state index contributed by atoms with van der Waals surface area (Å²) in [6.45, 7) is 5.84. The Kier molecular flexibility index (Phi) is 3.54. The van der Waals surface area contributed by atoms with Crippen molar-refractivity contribution in [3.05, 3.63) is 33.8 Å². The lowest BCUT2D eigenvalue weighted by molar-refractivity contribution is 0.0912. The molecule has 2 N–H and O–H groups in total. The van der Waals surface area contributed by atoms with Crippen LogP contribution in [0, 0.1) is 6.92 Å². The highest BCUT2D eigenvalue weighted by Crippen LogP contribution is 2.21. The zero-order chi connectivity index (χ0) is 12.5. The quantitative estimate of drug-likeness (QED) is 0.879. The minimum Gasteiger partial charge on any atom is -0.346 e. The van der Waals surface area contributed by atoms with Crippen LogP contribution in [0.2, 0.25) is 0 Å². The second-order valence-electron chi connectivity index (χ2n) is 4.85. The lowest BCUT2D eigenvalue weighted by Gasteiger charge is -2.25. The molecule has 1 heterocycles.